The van der Waals surface area contributed by atoms with Crippen molar-refractivity contribution in [3.63, 3.8) is 0 Å². The molecule has 4 heteroatoms. The first-order valence-corrected chi connectivity index (χ1v) is 9.68. The van der Waals surface area contributed by atoms with Gasteiger partial charge >= 0.3 is 126 Å². The molecule has 0 bridgehead atoms. The first-order valence-electron chi connectivity index (χ1n) is 7.15. The second kappa shape index (κ2) is 6.92. The van der Waals surface area contributed by atoms with Crippen molar-refractivity contribution in [2.24, 2.45) is 5.92 Å². The number of rotatable bonds is 7. The summed E-state index contributed by atoms with van der Waals surface area (Å²) in [5.41, 5.74) is 1.21. The molecular weight excluding hydrogens is 321 g/mol. The van der Waals surface area contributed by atoms with Crippen LogP contribution in [0.3, 0.4) is 0 Å². The number of aryl methyl sites for hydroxylation is 2. The van der Waals surface area contributed by atoms with Gasteiger partial charge in [0.05, 0.1) is 0 Å². The van der Waals surface area contributed by atoms with Crippen molar-refractivity contribution in [3.05, 3.63) is 8.87 Å². The van der Waals surface area contributed by atoms with Gasteiger partial charge in [-0.1, -0.05) is 0 Å². The number of aromatic nitrogens is 1. The summed E-state index contributed by atoms with van der Waals surface area (Å²) in [7, 11) is 0. The van der Waals surface area contributed by atoms with Gasteiger partial charge in [-0.25, -0.2) is 0 Å². The van der Waals surface area contributed by atoms with Crippen LogP contribution in [-0.4, -0.2) is 26.1 Å². The van der Waals surface area contributed by atoms with Gasteiger partial charge in [0.25, 0.3) is 0 Å². The average Bonchev–Trinajstić information content (AvgIpc) is 2.92. The molecule has 2 nitrogen and oxygen atoms in total. The third kappa shape index (κ3) is 3.62. The minimum atomic E-state index is 0.528. The van der Waals surface area contributed by atoms with Crippen LogP contribution in [0.2, 0.25) is 0 Å². The predicted octanol–water partition coefficient (Wildman–Crippen LogP) is 4.57. The van der Waals surface area contributed by atoms with E-state index in [2.05, 4.69) is 32.7 Å². The normalized spacial score (nSPS) is 13.1. The van der Waals surface area contributed by atoms with Crippen LogP contribution in [-0.2, 0) is 0 Å². The standard InChI is InChI=1S/C15H23NOSSe/c1-5-7-8-12(6-2)9-17-15-16-13-10(3)19-11(4)14(13)18-15/h12H,5-9H2,1-4H3. The zero-order valence-corrected chi connectivity index (χ0v) is 14.8. The van der Waals surface area contributed by atoms with Crippen molar-refractivity contribution in [2.45, 2.75) is 53.4 Å². The summed E-state index contributed by atoms with van der Waals surface area (Å²) in [6, 6.07) is 0. The summed E-state index contributed by atoms with van der Waals surface area (Å²) < 4.78 is 10.3. The Kier molecular flexibility index (Phi) is 5.49. The Morgan fingerprint density at radius 2 is 2.05 bits per heavy atom. The van der Waals surface area contributed by atoms with Crippen molar-refractivity contribution in [2.75, 3.05) is 6.61 Å². The maximum atomic E-state index is 5.94. The van der Waals surface area contributed by atoms with Crippen LogP contribution in [0.25, 0.3) is 10.2 Å². The zero-order chi connectivity index (χ0) is 13.8. The van der Waals surface area contributed by atoms with Gasteiger partial charge in [-0.15, -0.1) is 0 Å². The van der Waals surface area contributed by atoms with Crippen LogP contribution in [0.4, 0.5) is 0 Å². The number of hydrogen-bond acceptors (Lipinski definition) is 3. The fraction of sp³-hybridized carbons (Fsp3) is 0.667. The van der Waals surface area contributed by atoms with Crippen LogP contribution in [0.15, 0.2) is 0 Å². The van der Waals surface area contributed by atoms with Crippen LogP contribution < -0.4 is 4.74 Å². The van der Waals surface area contributed by atoms with E-state index in [1.807, 2.05) is 0 Å². The van der Waals surface area contributed by atoms with E-state index in [9.17, 15) is 0 Å². The number of ether oxygens (including phenoxy) is 1. The first-order chi connectivity index (χ1) is 9.15. The molecular formula is C15H23NOSSe. The Bertz CT molecular complexity index is 497. The Balaban J connectivity index is 1.99. The molecule has 2 aromatic heterocycles. The van der Waals surface area contributed by atoms with E-state index < -0.39 is 0 Å². The van der Waals surface area contributed by atoms with Gasteiger partial charge in [0, 0.05) is 0 Å². The second-order valence-corrected chi connectivity index (χ2v) is 9.06. The number of hydrogen-bond donors (Lipinski definition) is 0. The fourth-order valence-corrected chi connectivity index (χ4v) is 5.63. The molecule has 106 valence electrons. The van der Waals surface area contributed by atoms with Crippen molar-refractivity contribution in [3.8, 4) is 5.19 Å². The molecule has 0 aliphatic rings. The van der Waals surface area contributed by atoms with E-state index in [0.29, 0.717) is 20.4 Å². The van der Waals surface area contributed by atoms with E-state index in [0.717, 1.165) is 11.8 Å². The van der Waals surface area contributed by atoms with E-state index in [-0.39, 0.29) is 0 Å². The molecule has 1 unspecified atom stereocenters. The van der Waals surface area contributed by atoms with Crippen LogP contribution in [0.1, 0.15) is 48.4 Å². The molecule has 0 amide bonds. The molecule has 0 fully saturated rings. The summed E-state index contributed by atoms with van der Waals surface area (Å²) >= 11 is 2.26. The maximum absolute atomic E-state index is 5.94. The monoisotopic (exact) mass is 345 g/mol. The summed E-state index contributed by atoms with van der Waals surface area (Å²) in [4.78, 5) is 4.66. The number of nitrogens with zero attached hydrogens (tertiary/aromatic N) is 1. The summed E-state index contributed by atoms with van der Waals surface area (Å²) in [5.74, 6) is 0.679. The minimum absolute atomic E-state index is 0.528. The van der Waals surface area contributed by atoms with Crippen molar-refractivity contribution in [1.82, 2.24) is 4.98 Å². The predicted molar refractivity (Wildman–Crippen MR) is 84.8 cm³/mol. The van der Waals surface area contributed by atoms with Crippen LogP contribution in [0.5, 0.6) is 5.19 Å². The Labute approximate surface area is 125 Å². The summed E-state index contributed by atoms with van der Waals surface area (Å²) in [6.07, 6.45) is 5.05. The van der Waals surface area contributed by atoms with Gasteiger partial charge in [0.15, 0.2) is 0 Å². The second-order valence-electron chi connectivity index (χ2n) is 5.10. The number of fused-ring (bicyclic) bond motifs is 1. The summed E-state index contributed by atoms with van der Waals surface area (Å²) in [5, 5.41) is 0.870. The molecule has 2 aromatic rings. The Morgan fingerprint density at radius 1 is 1.26 bits per heavy atom. The molecule has 0 saturated heterocycles. The quantitative estimate of drug-likeness (QED) is 0.687. The van der Waals surface area contributed by atoms with E-state index in [1.165, 1.54) is 44.8 Å². The molecule has 19 heavy (non-hydrogen) atoms. The SMILES string of the molecule is CCCCC(CC)COc1nc2c(C)[se]c(C)c2s1. The van der Waals surface area contributed by atoms with Crippen LogP contribution >= 0.6 is 11.3 Å². The molecule has 0 aliphatic heterocycles. The van der Waals surface area contributed by atoms with Gasteiger partial charge in [0.1, 0.15) is 0 Å². The van der Waals surface area contributed by atoms with Gasteiger partial charge in [0.2, 0.25) is 0 Å². The van der Waals surface area contributed by atoms with Gasteiger partial charge in [-0.2, -0.15) is 0 Å². The van der Waals surface area contributed by atoms with Gasteiger partial charge in [-0.05, 0) is 0 Å². The average molecular weight is 344 g/mol. The molecule has 1 atom stereocenters. The third-order valence-electron chi connectivity index (χ3n) is 3.55. The number of unbranched alkanes of at least 4 members (excludes halogenated alkanes) is 1. The zero-order valence-electron chi connectivity index (χ0n) is 12.3. The molecule has 2 heterocycles. The summed E-state index contributed by atoms with van der Waals surface area (Å²) in [6.45, 7) is 9.76. The number of thiazole rings is 1. The molecule has 0 aromatic carbocycles. The first kappa shape index (κ1) is 15.1. The molecule has 0 radical (unpaired) electrons. The van der Waals surface area contributed by atoms with E-state index in [4.69, 9.17) is 4.74 Å². The van der Waals surface area contributed by atoms with Crippen molar-refractivity contribution >= 4 is 36.1 Å². The Morgan fingerprint density at radius 3 is 2.68 bits per heavy atom. The third-order valence-corrected chi connectivity index (χ3v) is 7.05. The van der Waals surface area contributed by atoms with Crippen molar-refractivity contribution < 1.29 is 4.74 Å². The molecule has 0 N–H and O–H groups in total. The van der Waals surface area contributed by atoms with Crippen molar-refractivity contribution in [1.29, 1.82) is 0 Å². The fourth-order valence-electron chi connectivity index (χ4n) is 2.25. The van der Waals surface area contributed by atoms with E-state index >= 15 is 0 Å². The topological polar surface area (TPSA) is 22.1 Å². The van der Waals surface area contributed by atoms with E-state index in [1.54, 1.807) is 11.3 Å². The van der Waals surface area contributed by atoms with Gasteiger partial charge in [-0.3, -0.25) is 0 Å². The Hall–Kier alpha value is -0.311. The molecule has 0 aliphatic carbocycles. The molecule has 2 rings (SSSR count). The van der Waals surface area contributed by atoms with Gasteiger partial charge < -0.3 is 0 Å². The molecule has 0 spiro atoms. The van der Waals surface area contributed by atoms with Crippen LogP contribution in [0, 0.1) is 19.8 Å². The molecule has 0 saturated carbocycles.